The number of carbonyl (C=O) groups excluding carboxylic acids is 2. The molecule has 2 aliphatic carbocycles. The van der Waals surface area contributed by atoms with E-state index in [4.69, 9.17) is 0 Å². The number of benzene rings is 2. The van der Waals surface area contributed by atoms with Gasteiger partial charge in [-0.25, -0.2) is 13.8 Å². The van der Waals surface area contributed by atoms with Gasteiger partial charge in [-0.3, -0.25) is 14.3 Å². The Bertz CT molecular complexity index is 2170. The maximum atomic E-state index is 13.9. The fourth-order valence-electron chi connectivity index (χ4n) is 7.09. The molecule has 1 aliphatic heterocycles. The van der Waals surface area contributed by atoms with Crippen LogP contribution in [0.4, 0.5) is 30.7 Å². The second-order valence-corrected chi connectivity index (χ2v) is 14.3. The van der Waals surface area contributed by atoms with Gasteiger partial charge < -0.3 is 15.7 Å². The SMILES string of the molecule is CC(C)(O)C#Cc1ccc(-c2ccc3c(c2)C(=O)NC32CC2)c(C(Cc2cc(F)cc(F)c2)NC=O)n1.CCn1nc(C(F)(F)F)c2c1C(F)(F)C[C@@H]2C. The van der Waals surface area contributed by atoms with Crippen molar-refractivity contribution in [3.63, 3.8) is 0 Å². The van der Waals surface area contributed by atoms with Crippen LogP contribution in [0.15, 0.2) is 48.5 Å². The molecule has 7 rings (SSSR count). The second-order valence-electron chi connectivity index (χ2n) is 14.3. The van der Waals surface area contributed by atoms with E-state index in [1.165, 1.54) is 26.0 Å². The van der Waals surface area contributed by atoms with Gasteiger partial charge in [-0.2, -0.15) is 27.1 Å². The summed E-state index contributed by atoms with van der Waals surface area (Å²) in [5.41, 5.74) is 0.429. The summed E-state index contributed by atoms with van der Waals surface area (Å²) in [5.74, 6) is -0.0684. The topological polar surface area (TPSA) is 109 Å². The first kappa shape index (κ1) is 38.5. The Morgan fingerprint density at radius 1 is 1.07 bits per heavy atom. The minimum atomic E-state index is -4.68. The quantitative estimate of drug-likeness (QED) is 0.103. The first-order valence-electron chi connectivity index (χ1n) is 17.2. The number of rotatable bonds is 7. The van der Waals surface area contributed by atoms with Crippen LogP contribution in [-0.4, -0.2) is 37.8 Å². The van der Waals surface area contributed by atoms with Crippen molar-refractivity contribution < 1.29 is 45.4 Å². The zero-order valence-electron chi connectivity index (χ0n) is 29.6. The number of nitrogens with zero attached hydrogens (tertiary/aromatic N) is 3. The Balaban J connectivity index is 0.000000244. The lowest BCUT2D eigenvalue weighted by Crippen LogP contribution is -2.25. The standard InChI is InChI=1S/C29H25F2N3O3.C10H11F5N2/c1-28(2,37)8-7-21-4-5-22(18-3-6-24-23(14-18)27(36)34-29(24)9-10-29)26(33-21)25(32-16-35)13-17-11-19(30)15-20(31)12-17;1-3-17-8-6(5(2)4-9(8,11)12)7(16-17)10(13,14)15/h3-6,11-12,14-16,25,37H,9-10,13H2,1-2H3,(H,32,35)(H,34,36);5H,3-4H2,1-2H3/t;5-/m.0/s1. The van der Waals surface area contributed by atoms with E-state index in [2.05, 4.69) is 32.6 Å². The van der Waals surface area contributed by atoms with Crippen molar-refractivity contribution >= 4 is 12.3 Å². The summed E-state index contributed by atoms with van der Waals surface area (Å²) in [6.07, 6.45) is -2.88. The van der Waals surface area contributed by atoms with Gasteiger partial charge >= 0.3 is 6.18 Å². The number of aliphatic hydroxyl groups is 1. The molecule has 2 atom stereocenters. The minimum Gasteiger partial charge on any atom is -0.378 e. The summed E-state index contributed by atoms with van der Waals surface area (Å²) in [6.45, 7) is 5.96. The molecule has 0 radical (unpaired) electrons. The second kappa shape index (κ2) is 13.9. The van der Waals surface area contributed by atoms with Crippen LogP contribution in [0.1, 0.15) is 109 Å². The molecule has 2 aromatic carbocycles. The lowest BCUT2D eigenvalue weighted by Gasteiger charge is -2.20. The number of hydrogen-bond acceptors (Lipinski definition) is 5. The average Bonchev–Trinajstić information content (AvgIpc) is 3.53. The van der Waals surface area contributed by atoms with E-state index in [-0.39, 0.29) is 30.0 Å². The molecule has 3 aliphatic rings. The monoisotopic (exact) mass is 755 g/mol. The number of aromatic nitrogens is 3. The highest BCUT2D eigenvalue weighted by Crippen LogP contribution is 2.52. The van der Waals surface area contributed by atoms with E-state index in [0.29, 0.717) is 40.1 Å². The van der Waals surface area contributed by atoms with Crippen LogP contribution >= 0.6 is 0 Å². The number of halogens is 7. The van der Waals surface area contributed by atoms with Gasteiger partial charge in [0.1, 0.15) is 28.6 Å². The molecular weight excluding hydrogens is 719 g/mol. The van der Waals surface area contributed by atoms with E-state index < -0.39 is 59.1 Å². The largest absolute Gasteiger partial charge is 0.435 e. The number of fused-ring (bicyclic) bond motifs is 3. The van der Waals surface area contributed by atoms with Gasteiger partial charge in [0.25, 0.3) is 11.8 Å². The summed E-state index contributed by atoms with van der Waals surface area (Å²) in [6, 6.07) is 11.5. The van der Waals surface area contributed by atoms with Crippen LogP contribution in [0.5, 0.6) is 0 Å². The molecule has 54 heavy (non-hydrogen) atoms. The zero-order chi connectivity index (χ0) is 39.4. The first-order valence-corrected chi connectivity index (χ1v) is 17.2. The van der Waals surface area contributed by atoms with Crippen LogP contribution in [-0.2, 0) is 35.4 Å². The molecule has 3 N–H and O–H groups in total. The molecule has 4 aromatic rings. The molecule has 1 unspecified atom stereocenters. The van der Waals surface area contributed by atoms with Gasteiger partial charge in [0.2, 0.25) is 6.41 Å². The number of alkyl halides is 5. The van der Waals surface area contributed by atoms with Gasteiger partial charge in [-0.05, 0) is 98.9 Å². The third-order valence-electron chi connectivity index (χ3n) is 9.54. The number of carbonyl (C=O) groups is 2. The van der Waals surface area contributed by atoms with Crippen LogP contribution in [0.3, 0.4) is 0 Å². The zero-order valence-corrected chi connectivity index (χ0v) is 29.6. The molecule has 3 heterocycles. The van der Waals surface area contributed by atoms with Crippen LogP contribution in [0.2, 0.25) is 0 Å². The smallest absolute Gasteiger partial charge is 0.378 e. The summed E-state index contributed by atoms with van der Waals surface area (Å²) >= 11 is 0. The predicted octanol–water partition coefficient (Wildman–Crippen LogP) is 7.43. The third kappa shape index (κ3) is 7.70. The lowest BCUT2D eigenvalue weighted by molar-refractivity contribution is -0.142. The summed E-state index contributed by atoms with van der Waals surface area (Å²) in [7, 11) is 0. The van der Waals surface area contributed by atoms with Gasteiger partial charge in [-0.15, -0.1) is 0 Å². The molecule has 1 saturated carbocycles. The number of amides is 2. The molecule has 0 saturated heterocycles. The van der Waals surface area contributed by atoms with Crippen molar-refractivity contribution in [1.82, 2.24) is 25.4 Å². The molecule has 1 spiro atoms. The highest BCUT2D eigenvalue weighted by molar-refractivity contribution is 6.01. The van der Waals surface area contributed by atoms with Crippen molar-refractivity contribution in [2.45, 2.75) is 95.1 Å². The van der Waals surface area contributed by atoms with E-state index >= 15 is 0 Å². The Morgan fingerprint density at radius 3 is 2.35 bits per heavy atom. The summed E-state index contributed by atoms with van der Waals surface area (Å²) < 4.78 is 93.9. The molecule has 2 amide bonds. The maximum Gasteiger partial charge on any atom is 0.435 e. The third-order valence-corrected chi connectivity index (χ3v) is 9.54. The lowest BCUT2D eigenvalue weighted by atomic mass is 9.92. The average molecular weight is 756 g/mol. The highest BCUT2D eigenvalue weighted by Gasteiger charge is 2.53. The number of nitrogens with one attached hydrogen (secondary N) is 2. The normalized spacial score (nSPS) is 18.1. The molecule has 1 fully saturated rings. The fraction of sp³-hybridized carbons (Fsp3) is 0.385. The molecular formula is C39H36F7N5O3. The van der Waals surface area contributed by atoms with Crippen LogP contribution in [0, 0.1) is 23.5 Å². The molecule has 15 heteroatoms. The first-order chi connectivity index (χ1) is 25.2. The number of aryl methyl sites for hydroxylation is 1. The van der Waals surface area contributed by atoms with Crippen molar-refractivity contribution in [3.8, 4) is 23.0 Å². The Morgan fingerprint density at radius 2 is 1.76 bits per heavy atom. The summed E-state index contributed by atoms with van der Waals surface area (Å²) in [4.78, 5) is 28.9. The Kier molecular flexibility index (Phi) is 9.89. The van der Waals surface area contributed by atoms with Crippen molar-refractivity contribution in [2.75, 3.05) is 0 Å². The molecule has 8 nitrogen and oxygen atoms in total. The van der Waals surface area contributed by atoms with Gasteiger partial charge in [0.05, 0.1) is 17.3 Å². The van der Waals surface area contributed by atoms with E-state index in [9.17, 15) is 45.4 Å². The van der Waals surface area contributed by atoms with Crippen LogP contribution in [0.25, 0.3) is 11.1 Å². The van der Waals surface area contributed by atoms with Crippen molar-refractivity contribution in [1.29, 1.82) is 0 Å². The molecule has 0 bridgehead atoms. The highest BCUT2D eigenvalue weighted by atomic mass is 19.4. The van der Waals surface area contributed by atoms with Gasteiger partial charge in [-0.1, -0.05) is 25.0 Å². The fourth-order valence-corrected chi connectivity index (χ4v) is 7.09. The minimum absolute atomic E-state index is 0.000718. The Hall–Kier alpha value is -5.23. The Labute approximate surface area is 306 Å². The molecule has 2 aromatic heterocycles. The molecule has 284 valence electrons. The van der Waals surface area contributed by atoms with Crippen molar-refractivity contribution in [2.24, 2.45) is 0 Å². The number of pyridine rings is 1. The van der Waals surface area contributed by atoms with E-state index in [1.54, 1.807) is 32.0 Å². The van der Waals surface area contributed by atoms with Gasteiger partial charge in [0, 0.05) is 35.7 Å². The van der Waals surface area contributed by atoms with E-state index in [0.717, 1.165) is 29.2 Å². The summed E-state index contributed by atoms with van der Waals surface area (Å²) in [5, 5.41) is 19.1. The predicted molar refractivity (Wildman–Crippen MR) is 183 cm³/mol. The van der Waals surface area contributed by atoms with Gasteiger partial charge in [0.15, 0.2) is 5.69 Å². The van der Waals surface area contributed by atoms with Crippen molar-refractivity contribution in [3.05, 3.63) is 105 Å². The van der Waals surface area contributed by atoms with Crippen LogP contribution < -0.4 is 10.6 Å². The maximum absolute atomic E-state index is 13.9. The number of hydrogen-bond donors (Lipinski definition) is 3. The van der Waals surface area contributed by atoms with E-state index in [1.807, 2.05) is 12.1 Å².